The van der Waals surface area contributed by atoms with Crippen LogP contribution < -0.4 is 5.32 Å². The first kappa shape index (κ1) is 20.4. The molecule has 0 radical (unpaired) electrons. The van der Waals surface area contributed by atoms with E-state index in [-0.39, 0.29) is 16.7 Å². The molecule has 5 atom stereocenters. The smallest absolute Gasteiger partial charge is 0.226 e. The standard InChI is InChI=1S/C25H34INO/c1-23(26)15-12-20-19(16-23)10-11-21-24(20,2)13-7-14-25(21,3)22(28)27-17-18-8-5-4-6-9-18/h4-6,8-9,12,19,21H,7,10-11,13-17H2,1-3H3,(H,27,28)/t19?,21?,23-,24-,25+/m0/s1. The molecule has 2 fully saturated rings. The first-order valence-electron chi connectivity index (χ1n) is 11.0. The van der Waals surface area contributed by atoms with Gasteiger partial charge in [-0.3, -0.25) is 4.79 Å². The molecule has 0 spiro atoms. The first-order chi connectivity index (χ1) is 13.2. The second-order valence-corrected chi connectivity index (χ2v) is 12.8. The Bertz CT molecular complexity index is 770. The van der Waals surface area contributed by atoms with E-state index in [1.54, 1.807) is 5.57 Å². The molecule has 2 saturated carbocycles. The Morgan fingerprint density at radius 3 is 2.64 bits per heavy atom. The lowest BCUT2D eigenvalue weighted by atomic mass is 9.46. The molecular weight excluding hydrogens is 457 g/mol. The lowest BCUT2D eigenvalue weighted by Gasteiger charge is -2.58. The lowest BCUT2D eigenvalue weighted by molar-refractivity contribution is -0.142. The number of allylic oxidation sites excluding steroid dienone is 2. The van der Waals surface area contributed by atoms with Crippen molar-refractivity contribution in [3.05, 3.63) is 47.5 Å². The lowest BCUT2D eigenvalue weighted by Crippen LogP contribution is -2.55. The van der Waals surface area contributed by atoms with Crippen LogP contribution in [0.15, 0.2) is 42.0 Å². The van der Waals surface area contributed by atoms with Crippen LogP contribution in [-0.2, 0) is 11.3 Å². The summed E-state index contributed by atoms with van der Waals surface area (Å²) in [6.07, 6.45) is 10.9. The van der Waals surface area contributed by atoms with Gasteiger partial charge < -0.3 is 5.32 Å². The van der Waals surface area contributed by atoms with Crippen molar-refractivity contribution in [1.82, 2.24) is 5.32 Å². The maximum atomic E-state index is 13.4. The minimum Gasteiger partial charge on any atom is -0.352 e. The minimum absolute atomic E-state index is 0.202. The predicted molar refractivity (Wildman–Crippen MR) is 124 cm³/mol. The Balaban J connectivity index is 1.56. The van der Waals surface area contributed by atoms with Gasteiger partial charge >= 0.3 is 0 Å². The maximum Gasteiger partial charge on any atom is 0.226 e. The van der Waals surface area contributed by atoms with E-state index in [9.17, 15) is 4.79 Å². The molecule has 3 aliphatic rings. The van der Waals surface area contributed by atoms with Gasteiger partial charge in [0.15, 0.2) is 0 Å². The van der Waals surface area contributed by atoms with E-state index >= 15 is 0 Å². The highest BCUT2D eigenvalue weighted by atomic mass is 127. The summed E-state index contributed by atoms with van der Waals surface area (Å²) < 4.78 is 0.403. The first-order valence-corrected chi connectivity index (χ1v) is 12.0. The van der Waals surface area contributed by atoms with E-state index in [0.29, 0.717) is 15.9 Å². The quantitative estimate of drug-likeness (QED) is 0.294. The molecule has 0 bridgehead atoms. The van der Waals surface area contributed by atoms with Gasteiger partial charge in [-0.15, -0.1) is 0 Å². The van der Waals surface area contributed by atoms with E-state index in [2.05, 4.69) is 66.9 Å². The molecule has 4 rings (SSSR count). The Morgan fingerprint density at radius 1 is 1.14 bits per heavy atom. The molecular formula is C25H34INO. The number of amides is 1. The summed E-state index contributed by atoms with van der Waals surface area (Å²) >= 11 is 2.66. The topological polar surface area (TPSA) is 29.1 Å². The van der Waals surface area contributed by atoms with Crippen molar-refractivity contribution in [3.63, 3.8) is 0 Å². The fraction of sp³-hybridized carbons (Fsp3) is 0.640. The highest BCUT2D eigenvalue weighted by Crippen LogP contribution is 2.63. The molecule has 152 valence electrons. The normalized spacial score (nSPS) is 40.1. The van der Waals surface area contributed by atoms with Crippen LogP contribution in [0.25, 0.3) is 0 Å². The van der Waals surface area contributed by atoms with Crippen molar-refractivity contribution in [2.75, 3.05) is 0 Å². The van der Waals surface area contributed by atoms with Crippen LogP contribution >= 0.6 is 22.6 Å². The van der Waals surface area contributed by atoms with Gasteiger partial charge in [0.25, 0.3) is 0 Å². The van der Waals surface area contributed by atoms with Gasteiger partial charge in [0.2, 0.25) is 5.91 Å². The zero-order valence-electron chi connectivity index (χ0n) is 17.6. The average molecular weight is 491 g/mol. The zero-order valence-corrected chi connectivity index (χ0v) is 19.7. The van der Waals surface area contributed by atoms with Gasteiger partial charge in [-0.05, 0) is 61.3 Å². The summed E-state index contributed by atoms with van der Waals surface area (Å²) in [6.45, 7) is 7.77. The van der Waals surface area contributed by atoms with Gasteiger partial charge in [-0.1, -0.05) is 91.8 Å². The van der Waals surface area contributed by atoms with Gasteiger partial charge in [0.05, 0.1) is 5.41 Å². The molecule has 1 aromatic carbocycles. The van der Waals surface area contributed by atoms with Crippen molar-refractivity contribution in [2.24, 2.45) is 22.7 Å². The number of halogens is 1. The van der Waals surface area contributed by atoms with Crippen molar-refractivity contribution < 1.29 is 4.79 Å². The van der Waals surface area contributed by atoms with Crippen molar-refractivity contribution in [3.8, 4) is 0 Å². The molecule has 0 aromatic heterocycles. The largest absolute Gasteiger partial charge is 0.352 e. The number of fused-ring (bicyclic) bond motifs is 3. The monoisotopic (exact) mass is 491 g/mol. The summed E-state index contributed by atoms with van der Waals surface area (Å²) in [7, 11) is 0. The fourth-order valence-corrected chi connectivity index (χ4v) is 7.38. The SMILES string of the molecule is C[C@]1(I)CC=C2C(CCC3[C@](C)(C(=O)NCc4ccccc4)CCC[C@@]23C)C1. The molecule has 2 nitrogen and oxygen atoms in total. The van der Waals surface area contributed by atoms with Crippen LogP contribution in [-0.4, -0.2) is 9.33 Å². The number of alkyl halides is 1. The van der Waals surface area contributed by atoms with E-state index in [0.717, 1.165) is 18.8 Å². The Labute approximate surface area is 184 Å². The van der Waals surface area contributed by atoms with Crippen LogP contribution in [0.3, 0.4) is 0 Å². The number of hydrogen-bond donors (Lipinski definition) is 1. The third-order valence-electron chi connectivity index (χ3n) is 8.07. The third-order valence-corrected chi connectivity index (χ3v) is 8.95. The average Bonchev–Trinajstić information content (AvgIpc) is 2.65. The predicted octanol–water partition coefficient (Wildman–Crippen LogP) is 6.44. The third kappa shape index (κ3) is 3.57. The number of nitrogens with one attached hydrogen (secondary N) is 1. The van der Waals surface area contributed by atoms with Crippen LogP contribution in [0.5, 0.6) is 0 Å². The molecule has 0 heterocycles. The molecule has 0 aliphatic heterocycles. The van der Waals surface area contributed by atoms with Crippen LogP contribution in [0, 0.1) is 22.7 Å². The van der Waals surface area contributed by atoms with E-state index in [1.807, 2.05) is 18.2 Å². The minimum atomic E-state index is -0.251. The number of carbonyl (C=O) groups excluding carboxylic acids is 1. The summed E-state index contributed by atoms with van der Waals surface area (Å²) in [4.78, 5) is 13.4. The van der Waals surface area contributed by atoms with Crippen LogP contribution in [0.4, 0.5) is 0 Å². The van der Waals surface area contributed by atoms with E-state index in [1.165, 1.54) is 37.7 Å². The molecule has 1 N–H and O–H groups in total. The highest BCUT2D eigenvalue weighted by Gasteiger charge is 2.57. The van der Waals surface area contributed by atoms with Crippen molar-refractivity contribution >= 4 is 28.5 Å². The molecule has 1 amide bonds. The number of carbonyl (C=O) groups is 1. The molecule has 2 unspecified atom stereocenters. The molecule has 0 saturated heterocycles. The Kier molecular flexibility index (Phi) is 5.43. The van der Waals surface area contributed by atoms with Gasteiger partial charge in [-0.2, -0.15) is 0 Å². The Morgan fingerprint density at radius 2 is 1.89 bits per heavy atom. The molecule has 28 heavy (non-hydrogen) atoms. The van der Waals surface area contributed by atoms with Crippen molar-refractivity contribution in [1.29, 1.82) is 0 Å². The summed E-state index contributed by atoms with van der Waals surface area (Å²) in [5.41, 5.74) is 2.82. The fourth-order valence-electron chi connectivity index (χ4n) is 6.63. The second-order valence-electron chi connectivity index (χ2n) is 10.2. The zero-order chi connectivity index (χ0) is 20.0. The number of benzene rings is 1. The summed E-state index contributed by atoms with van der Waals surface area (Å²) in [5, 5.41) is 3.28. The highest BCUT2D eigenvalue weighted by molar-refractivity contribution is 14.1. The van der Waals surface area contributed by atoms with Gasteiger partial charge in [0.1, 0.15) is 0 Å². The number of hydrogen-bond acceptors (Lipinski definition) is 1. The molecule has 3 heteroatoms. The van der Waals surface area contributed by atoms with Gasteiger partial charge in [-0.25, -0.2) is 0 Å². The maximum absolute atomic E-state index is 13.4. The summed E-state index contributed by atoms with van der Waals surface area (Å²) in [5.74, 6) is 1.46. The van der Waals surface area contributed by atoms with Crippen LogP contribution in [0.1, 0.15) is 71.3 Å². The van der Waals surface area contributed by atoms with E-state index < -0.39 is 0 Å². The molecule has 1 aromatic rings. The number of rotatable bonds is 3. The van der Waals surface area contributed by atoms with Crippen molar-refractivity contribution in [2.45, 2.75) is 75.7 Å². The van der Waals surface area contributed by atoms with Gasteiger partial charge in [0, 0.05) is 9.97 Å². The Hall–Kier alpha value is -0.840. The molecule has 3 aliphatic carbocycles. The summed E-state index contributed by atoms with van der Waals surface area (Å²) in [6, 6.07) is 10.3. The van der Waals surface area contributed by atoms with E-state index in [4.69, 9.17) is 0 Å². The second kappa shape index (κ2) is 7.45. The van der Waals surface area contributed by atoms with Crippen LogP contribution in [0.2, 0.25) is 0 Å².